The highest BCUT2D eigenvalue weighted by molar-refractivity contribution is 5.75. The third-order valence-corrected chi connectivity index (χ3v) is 1.33. The minimum Gasteiger partial charge on any atom is -0.0776 e. The second-order valence-electron chi connectivity index (χ2n) is 5.77. The topological polar surface area (TPSA) is 0 Å². The molecule has 0 atom stereocenters. The van der Waals surface area contributed by atoms with Crippen molar-refractivity contribution in [2.24, 2.45) is 11.8 Å². The second kappa shape index (κ2) is 43.7. The molecule has 151 valence electrons. The van der Waals surface area contributed by atoms with Crippen LogP contribution in [0.25, 0.3) is 0 Å². The zero-order valence-electron chi connectivity index (χ0n) is 18.7. The van der Waals surface area contributed by atoms with Gasteiger partial charge in [-0.15, -0.1) is 0 Å². The van der Waals surface area contributed by atoms with Gasteiger partial charge in [-0.25, -0.2) is 0 Å². The minimum absolute atomic E-state index is 0. The monoisotopic (exact) mass is 359 g/mol. The van der Waals surface area contributed by atoms with Crippen molar-refractivity contribution in [3.05, 3.63) is 72.8 Å². The molecule has 0 amide bonds. The second-order valence-corrected chi connectivity index (χ2v) is 5.77. The largest absolute Gasteiger partial charge is 0.0776 e. The molecule has 0 aromatic heterocycles. The van der Waals surface area contributed by atoms with Crippen molar-refractivity contribution >= 4 is 8.41 Å². The quantitative estimate of drug-likeness (QED) is 0.412. The molecular weight excluding hydrogens is 311 g/mol. The first-order valence-corrected chi connectivity index (χ1v) is 9.46. The molecule has 0 N–H and O–H groups in total. The van der Waals surface area contributed by atoms with Crippen LogP contribution in [0.3, 0.4) is 0 Å². The van der Waals surface area contributed by atoms with Crippen molar-refractivity contribution in [1.29, 1.82) is 0 Å². The third-order valence-electron chi connectivity index (χ3n) is 1.33. The molecule has 0 aliphatic carbocycles. The van der Waals surface area contributed by atoms with E-state index in [-0.39, 0.29) is 15.8 Å². The molecule has 0 saturated carbocycles. The highest BCUT2D eigenvalue weighted by Crippen LogP contribution is 1.82. The Morgan fingerprint density at radius 2 is 0.385 bits per heavy atom. The van der Waals surface area contributed by atoms with Gasteiger partial charge in [-0.05, 0) is 11.8 Å². The van der Waals surface area contributed by atoms with E-state index in [9.17, 15) is 0 Å². The maximum absolute atomic E-state index is 2.17. The maximum atomic E-state index is 2.17. The Kier molecular flexibility index (Phi) is 66.5. The molecule has 2 aromatic carbocycles. The molecule has 0 spiro atoms. The lowest BCUT2D eigenvalue weighted by atomic mass is 10.3. The van der Waals surface area contributed by atoms with Gasteiger partial charge in [0.25, 0.3) is 0 Å². The molecular formula is C25H48B. The molecule has 2 rings (SSSR count). The van der Waals surface area contributed by atoms with Gasteiger partial charge in [0.2, 0.25) is 0 Å². The van der Waals surface area contributed by atoms with Crippen LogP contribution in [0.2, 0.25) is 0 Å². The van der Waals surface area contributed by atoms with E-state index in [2.05, 4.69) is 41.5 Å². The van der Waals surface area contributed by atoms with E-state index >= 15 is 0 Å². The molecule has 26 heavy (non-hydrogen) atoms. The van der Waals surface area contributed by atoms with E-state index in [0.717, 1.165) is 11.8 Å². The highest BCUT2D eigenvalue weighted by Gasteiger charge is 1.68. The van der Waals surface area contributed by atoms with E-state index in [1.807, 2.05) is 100 Å². The summed E-state index contributed by atoms with van der Waals surface area (Å²) in [6.07, 6.45) is 0. The van der Waals surface area contributed by atoms with Crippen molar-refractivity contribution in [1.82, 2.24) is 0 Å². The van der Waals surface area contributed by atoms with Crippen molar-refractivity contribution in [3.8, 4) is 0 Å². The zero-order chi connectivity index (χ0) is 19.6. The van der Waals surface area contributed by atoms with Gasteiger partial charge >= 0.3 is 0 Å². The van der Waals surface area contributed by atoms with Crippen LogP contribution in [0.4, 0.5) is 0 Å². The standard InChI is InChI=1S/2C6H6.2C4H10.2C2H6.CH4.B/c2*1-2-4-6-5-3-1;2*1-4(2)3;2*1-2;;/h2*1-6H;2*4H,1-3H3;2*1-2H3;1H4;. The predicted molar refractivity (Wildman–Crippen MR) is 129 cm³/mol. The van der Waals surface area contributed by atoms with Crippen LogP contribution in [0.1, 0.15) is 76.7 Å². The van der Waals surface area contributed by atoms with Gasteiger partial charge in [0, 0.05) is 8.41 Å². The Morgan fingerprint density at radius 3 is 0.423 bits per heavy atom. The molecule has 3 radical (unpaired) electrons. The van der Waals surface area contributed by atoms with E-state index in [1.165, 1.54) is 0 Å². The number of rotatable bonds is 0. The summed E-state index contributed by atoms with van der Waals surface area (Å²) in [5, 5.41) is 0. The summed E-state index contributed by atoms with van der Waals surface area (Å²) in [6.45, 7) is 21.0. The average Bonchev–Trinajstić information content (AvgIpc) is 2.61. The van der Waals surface area contributed by atoms with Crippen LogP contribution in [-0.4, -0.2) is 8.41 Å². The Morgan fingerprint density at radius 1 is 0.346 bits per heavy atom. The van der Waals surface area contributed by atoms with Crippen molar-refractivity contribution < 1.29 is 0 Å². The van der Waals surface area contributed by atoms with Crippen LogP contribution in [0.15, 0.2) is 72.8 Å². The van der Waals surface area contributed by atoms with Gasteiger partial charge in [0.1, 0.15) is 0 Å². The summed E-state index contributed by atoms with van der Waals surface area (Å²) >= 11 is 0. The number of hydrogen-bond acceptors (Lipinski definition) is 0. The first-order chi connectivity index (χ1) is 11.5. The lowest BCUT2D eigenvalue weighted by molar-refractivity contribution is 0.736. The van der Waals surface area contributed by atoms with Gasteiger partial charge in [-0.3, -0.25) is 0 Å². The van der Waals surface area contributed by atoms with Crippen molar-refractivity contribution in [2.45, 2.75) is 76.7 Å². The molecule has 0 bridgehead atoms. The SMILES string of the molecule is C.CC.CC.CC(C)C.CC(C)C.[B].c1ccccc1.c1ccccc1. The first kappa shape index (κ1) is 39.5. The van der Waals surface area contributed by atoms with Gasteiger partial charge < -0.3 is 0 Å². The summed E-state index contributed by atoms with van der Waals surface area (Å²) in [5.74, 6) is 1.67. The van der Waals surface area contributed by atoms with E-state index in [4.69, 9.17) is 0 Å². The fourth-order valence-electron chi connectivity index (χ4n) is 0.770. The Hall–Kier alpha value is -1.50. The molecule has 1 heteroatoms. The van der Waals surface area contributed by atoms with Gasteiger partial charge in [0.15, 0.2) is 0 Å². The molecule has 0 nitrogen and oxygen atoms in total. The van der Waals surface area contributed by atoms with E-state index in [1.54, 1.807) is 0 Å². The fourth-order valence-corrected chi connectivity index (χ4v) is 0.770. The third kappa shape index (κ3) is 94.3. The summed E-state index contributed by atoms with van der Waals surface area (Å²) in [4.78, 5) is 0. The molecule has 0 aliphatic rings. The lowest BCUT2D eigenvalue weighted by Gasteiger charge is -1.79. The van der Waals surface area contributed by atoms with Crippen LogP contribution in [0, 0.1) is 11.8 Å². The summed E-state index contributed by atoms with van der Waals surface area (Å²) < 4.78 is 0. The normalized spacial score (nSPS) is 6.92. The zero-order valence-corrected chi connectivity index (χ0v) is 18.7. The van der Waals surface area contributed by atoms with Crippen LogP contribution < -0.4 is 0 Å². The van der Waals surface area contributed by atoms with Crippen molar-refractivity contribution in [3.63, 3.8) is 0 Å². The maximum Gasteiger partial charge on any atom is 0 e. The number of hydrogen-bond donors (Lipinski definition) is 0. The minimum atomic E-state index is 0. The van der Waals surface area contributed by atoms with Crippen LogP contribution in [-0.2, 0) is 0 Å². The summed E-state index contributed by atoms with van der Waals surface area (Å²) in [7, 11) is 0. The van der Waals surface area contributed by atoms with Crippen LogP contribution in [0.5, 0.6) is 0 Å². The van der Waals surface area contributed by atoms with Crippen molar-refractivity contribution in [2.75, 3.05) is 0 Å². The Bertz CT molecular complexity index is 245. The number of benzene rings is 2. The molecule has 0 fully saturated rings. The summed E-state index contributed by atoms with van der Waals surface area (Å²) in [5.41, 5.74) is 0. The van der Waals surface area contributed by atoms with E-state index in [0.29, 0.717) is 0 Å². The Balaban J connectivity index is -0.0000000478. The first-order valence-electron chi connectivity index (χ1n) is 9.46. The van der Waals surface area contributed by atoms with Gasteiger partial charge in [-0.2, -0.15) is 0 Å². The molecule has 0 aliphatic heterocycles. The van der Waals surface area contributed by atoms with E-state index < -0.39 is 0 Å². The predicted octanol–water partition coefficient (Wildman–Crippen LogP) is 9.01. The molecule has 2 aromatic rings. The lowest BCUT2D eigenvalue weighted by Crippen LogP contribution is -1.66. The molecule has 0 saturated heterocycles. The smallest absolute Gasteiger partial charge is 0 e. The van der Waals surface area contributed by atoms with Crippen LogP contribution >= 0.6 is 0 Å². The Labute approximate surface area is 170 Å². The average molecular weight is 359 g/mol. The summed E-state index contributed by atoms with van der Waals surface area (Å²) in [6, 6.07) is 24.0. The molecule has 0 unspecified atom stereocenters. The van der Waals surface area contributed by atoms with Gasteiger partial charge in [0.05, 0.1) is 0 Å². The molecule has 0 heterocycles. The van der Waals surface area contributed by atoms with Gasteiger partial charge in [-0.1, -0.05) is 149 Å². The fraction of sp³-hybridized carbons (Fsp3) is 0.520. The highest BCUT2D eigenvalue weighted by atomic mass is 13.7.